The first kappa shape index (κ1) is 17.7. The Bertz CT molecular complexity index is 347. The molecule has 1 N–H and O–H groups in total. The van der Waals surface area contributed by atoms with Crippen molar-refractivity contribution in [2.45, 2.75) is 70.9 Å². The molecule has 3 atom stereocenters. The van der Waals surface area contributed by atoms with Crippen LogP contribution < -0.4 is 5.32 Å². The van der Waals surface area contributed by atoms with Crippen molar-refractivity contribution in [1.29, 1.82) is 0 Å². The molecular weight excluding hydrogens is 274 g/mol. The summed E-state index contributed by atoms with van der Waals surface area (Å²) < 4.78 is 0. The van der Waals surface area contributed by atoms with E-state index < -0.39 is 0 Å². The van der Waals surface area contributed by atoms with Crippen molar-refractivity contribution in [2.75, 3.05) is 33.2 Å². The Kier molecular flexibility index (Phi) is 7.16. The number of unbranched alkanes of at least 4 members (excludes halogenated alkanes) is 1. The highest BCUT2D eigenvalue weighted by Gasteiger charge is 2.30. The zero-order valence-corrected chi connectivity index (χ0v) is 14.8. The van der Waals surface area contributed by atoms with Gasteiger partial charge in [0.05, 0.1) is 5.92 Å². The molecule has 0 saturated carbocycles. The predicted molar refractivity (Wildman–Crippen MR) is 91.9 cm³/mol. The number of piperidine rings is 1. The molecule has 2 aliphatic heterocycles. The van der Waals surface area contributed by atoms with Crippen molar-refractivity contribution in [2.24, 2.45) is 5.92 Å². The summed E-state index contributed by atoms with van der Waals surface area (Å²) >= 11 is 0. The zero-order chi connectivity index (χ0) is 15.9. The standard InChI is InChI=1S/C18H35N3O/c1-4-5-11-19-18(22)16-9-8-15(2)21(14-16)13-10-17-7-6-12-20(17)3/h15-17H,4-14H2,1-3H3,(H,19,22)/t15-,16-,17+/m1/s1. The van der Waals surface area contributed by atoms with Crippen molar-refractivity contribution < 1.29 is 4.79 Å². The fourth-order valence-corrected chi connectivity index (χ4v) is 3.90. The van der Waals surface area contributed by atoms with Gasteiger partial charge in [-0.15, -0.1) is 0 Å². The molecule has 2 rings (SSSR count). The van der Waals surface area contributed by atoms with E-state index in [4.69, 9.17) is 0 Å². The third-order valence-electron chi connectivity index (χ3n) is 5.63. The molecule has 0 aliphatic carbocycles. The summed E-state index contributed by atoms with van der Waals surface area (Å²) in [6, 6.07) is 1.39. The van der Waals surface area contributed by atoms with Crippen molar-refractivity contribution in [3.05, 3.63) is 0 Å². The minimum atomic E-state index is 0.203. The molecule has 2 saturated heterocycles. The lowest BCUT2D eigenvalue weighted by Gasteiger charge is -2.38. The Morgan fingerprint density at radius 2 is 2.09 bits per heavy atom. The fourth-order valence-electron chi connectivity index (χ4n) is 3.90. The van der Waals surface area contributed by atoms with Crippen LogP contribution in [-0.2, 0) is 4.79 Å². The molecule has 4 nitrogen and oxygen atoms in total. The number of hydrogen-bond donors (Lipinski definition) is 1. The summed E-state index contributed by atoms with van der Waals surface area (Å²) in [6.07, 6.45) is 8.39. The van der Waals surface area contributed by atoms with E-state index in [0.717, 1.165) is 51.4 Å². The van der Waals surface area contributed by atoms with Crippen molar-refractivity contribution >= 4 is 5.91 Å². The second-order valence-electron chi connectivity index (χ2n) is 7.33. The van der Waals surface area contributed by atoms with E-state index in [1.807, 2.05) is 0 Å². The van der Waals surface area contributed by atoms with Crippen molar-refractivity contribution in [1.82, 2.24) is 15.1 Å². The number of carbonyl (C=O) groups is 1. The summed E-state index contributed by atoms with van der Waals surface area (Å²) in [5.74, 6) is 0.484. The van der Waals surface area contributed by atoms with Gasteiger partial charge in [-0.25, -0.2) is 0 Å². The largest absolute Gasteiger partial charge is 0.356 e. The topological polar surface area (TPSA) is 35.6 Å². The van der Waals surface area contributed by atoms with Crippen LogP contribution in [0.15, 0.2) is 0 Å². The third kappa shape index (κ3) is 4.95. The highest BCUT2D eigenvalue weighted by atomic mass is 16.1. The monoisotopic (exact) mass is 309 g/mol. The normalized spacial score (nSPS) is 30.6. The molecule has 0 radical (unpaired) electrons. The minimum Gasteiger partial charge on any atom is -0.356 e. The highest BCUT2D eigenvalue weighted by molar-refractivity contribution is 5.78. The van der Waals surface area contributed by atoms with E-state index in [0.29, 0.717) is 6.04 Å². The van der Waals surface area contributed by atoms with Gasteiger partial charge in [0.2, 0.25) is 5.91 Å². The summed E-state index contributed by atoms with van der Waals surface area (Å²) in [5.41, 5.74) is 0. The maximum absolute atomic E-state index is 12.3. The molecule has 0 unspecified atom stereocenters. The van der Waals surface area contributed by atoms with Crippen LogP contribution in [0, 0.1) is 5.92 Å². The van der Waals surface area contributed by atoms with Gasteiger partial charge in [0, 0.05) is 25.2 Å². The Hall–Kier alpha value is -0.610. The van der Waals surface area contributed by atoms with Crippen LogP contribution in [0.5, 0.6) is 0 Å². The lowest BCUT2D eigenvalue weighted by Crippen LogP contribution is -2.48. The number of rotatable bonds is 7. The van der Waals surface area contributed by atoms with Gasteiger partial charge in [-0.1, -0.05) is 13.3 Å². The van der Waals surface area contributed by atoms with Crippen LogP contribution >= 0.6 is 0 Å². The summed E-state index contributed by atoms with van der Waals surface area (Å²) in [6.45, 7) is 8.68. The van der Waals surface area contributed by atoms with Crippen molar-refractivity contribution in [3.8, 4) is 0 Å². The van der Waals surface area contributed by atoms with Gasteiger partial charge in [-0.2, -0.15) is 0 Å². The molecule has 0 spiro atoms. The molecule has 0 aromatic rings. The highest BCUT2D eigenvalue weighted by Crippen LogP contribution is 2.24. The molecule has 0 aromatic carbocycles. The first-order valence-electron chi connectivity index (χ1n) is 9.33. The van der Waals surface area contributed by atoms with Gasteiger partial charge < -0.3 is 10.2 Å². The zero-order valence-electron chi connectivity index (χ0n) is 14.8. The third-order valence-corrected chi connectivity index (χ3v) is 5.63. The first-order chi connectivity index (χ1) is 10.6. The van der Waals surface area contributed by atoms with E-state index in [1.54, 1.807) is 0 Å². The Morgan fingerprint density at radius 1 is 1.27 bits per heavy atom. The summed E-state index contributed by atoms with van der Waals surface area (Å²) in [4.78, 5) is 17.4. The van der Waals surface area contributed by atoms with Crippen molar-refractivity contribution in [3.63, 3.8) is 0 Å². The summed E-state index contributed by atoms with van der Waals surface area (Å²) in [5, 5.41) is 3.12. The Morgan fingerprint density at radius 3 is 2.77 bits per heavy atom. The molecule has 4 heteroatoms. The fraction of sp³-hybridized carbons (Fsp3) is 0.944. The molecule has 1 amide bonds. The number of nitrogens with one attached hydrogen (secondary N) is 1. The van der Waals surface area contributed by atoms with Crippen LogP contribution in [0.25, 0.3) is 0 Å². The molecular formula is C18H35N3O. The van der Waals surface area contributed by atoms with Gasteiger partial charge in [-0.3, -0.25) is 9.69 Å². The van der Waals surface area contributed by atoms with Crippen LogP contribution in [-0.4, -0.2) is 61.0 Å². The maximum Gasteiger partial charge on any atom is 0.224 e. The van der Waals surface area contributed by atoms with E-state index in [1.165, 1.54) is 25.8 Å². The number of carbonyl (C=O) groups excluding carboxylic acids is 1. The van der Waals surface area contributed by atoms with Crippen LogP contribution in [0.3, 0.4) is 0 Å². The second kappa shape index (κ2) is 8.88. The SMILES string of the molecule is CCCCNC(=O)[C@@H]1CC[C@@H](C)N(CC[C@@H]2CCCN2C)C1. The second-order valence-corrected chi connectivity index (χ2v) is 7.33. The van der Waals surface area contributed by atoms with E-state index >= 15 is 0 Å². The van der Waals surface area contributed by atoms with E-state index in [-0.39, 0.29) is 11.8 Å². The minimum absolute atomic E-state index is 0.203. The van der Waals surface area contributed by atoms with E-state index in [2.05, 4.69) is 36.0 Å². The molecule has 2 aliphatic rings. The molecule has 0 aromatic heterocycles. The van der Waals surface area contributed by atoms with Crippen LogP contribution in [0.1, 0.15) is 58.8 Å². The average Bonchev–Trinajstić information content (AvgIpc) is 2.92. The predicted octanol–water partition coefficient (Wildman–Crippen LogP) is 2.49. The summed E-state index contributed by atoms with van der Waals surface area (Å²) in [7, 11) is 2.25. The van der Waals surface area contributed by atoms with Gasteiger partial charge in [-0.05, 0) is 65.6 Å². The Balaban J connectivity index is 1.76. The Labute approximate surface area is 136 Å². The van der Waals surface area contributed by atoms with Gasteiger partial charge in [0.25, 0.3) is 0 Å². The molecule has 22 heavy (non-hydrogen) atoms. The lowest BCUT2D eigenvalue weighted by molar-refractivity contribution is -0.127. The number of nitrogens with zero attached hydrogens (tertiary/aromatic N) is 2. The smallest absolute Gasteiger partial charge is 0.224 e. The lowest BCUT2D eigenvalue weighted by atomic mass is 9.92. The maximum atomic E-state index is 12.3. The number of likely N-dealkylation sites (tertiary alicyclic amines) is 2. The van der Waals surface area contributed by atoms with Crippen LogP contribution in [0.4, 0.5) is 0 Å². The number of amides is 1. The van der Waals surface area contributed by atoms with Gasteiger partial charge in [0.15, 0.2) is 0 Å². The van der Waals surface area contributed by atoms with Crippen LogP contribution in [0.2, 0.25) is 0 Å². The number of hydrogen-bond acceptors (Lipinski definition) is 3. The molecule has 128 valence electrons. The quantitative estimate of drug-likeness (QED) is 0.734. The van der Waals surface area contributed by atoms with E-state index in [9.17, 15) is 4.79 Å². The first-order valence-corrected chi connectivity index (χ1v) is 9.33. The van der Waals surface area contributed by atoms with Gasteiger partial charge >= 0.3 is 0 Å². The van der Waals surface area contributed by atoms with Gasteiger partial charge in [0.1, 0.15) is 0 Å². The molecule has 2 heterocycles. The average molecular weight is 309 g/mol. The molecule has 0 bridgehead atoms. The molecule has 2 fully saturated rings.